The summed E-state index contributed by atoms with van der Waals surface area (Å²) in [6.07, 6.45) is 23.8. The summed E-state index contributed by atoms with van der Waals surface area (Å²) >= 11 is 0. The Morgan fingerprint density at radius 3 is 1.00 bits per heavy atom. The van der Waals surface area contributed by atoms with Gasteiger partial charge in [-0.25, -0.2) is 0 Å². The molecule has 0 aromatic rings. The molecule has 0 aliphatic heterocycles. The molecular weight excluding hydrogens is 318 g/mol. The largest absolute Gasteiger partial charge is 0.633 e. The van der Waals surface area contributed by atoms with Crippen molar-refractivity contribution in [3.8, 4) is 0 Å². The van der Waals surface area contributed by atoms with Crippen molar-refractivity contribution in [3.63, 3.8) is 0 Å². The lowest BCUT2D eigenvalue weighted by atomic mass is 10.0. The number of unbranched alkanes of at least 4 members (excludes halogenated alkanes) is 15. The second-order valence-corrected chi connectivity index (χ2v) is 8.53. The van der Waals surface area contributed by atoms with Crippen LogP contribution in [0.5, 0.6) is 0 Å². The van der Waals surface area contributed by atoms with Gasteiger partial charge in [-0.1, -0.05) is 111 Å². The molecule has 0 N–H and O–H groups in total. The van der Waals surface area contributed by atoms with E-state index in [0.29, 0.717) is 0 Å². The molecule has 0 aliphatic carbocycles. The zero-order chi connectivity index (χ0) is 19.3. The molecule has 0 atom stereocenters. The topological polar surface area (TPSA) is 23.1 Å². The molecule has 0 aliphatic rings. The van der Waals surface area contributed by atoms with E-state index in [4.69, 9.17) is 0 Å². The van der Waals surface area contributed by atoms with Gasteiger partial charge >= 0.3 is 0 Å². The summed E-state index contributed by atoms with van der Waals surface area (Å²) in [7, 11) is 0. The Morgan fingerprint density at radius 2 is 0.654 bits per heavy atom. The fourth-order valence-electron chi connectivity index (χ4n) is 3.82. The van der Waals surface area contributed by atoms with Gasteiger partial charge in [0.15, 0.2) is 0 Å². The molecule has 2 heteroatoms. The van der Waals surface area contributed by atoms with Crippen molar-refractivity contribution in [1.82, 2.24) is 0 Å². The van der Waals surface area contributed by atoms with Crippen molar-refractivity contribution < 1.29 is 4.65 Å². The second kappa shape index (κ2) is 19.7. The van der Waals surface area contributed by atoms with Crippen LogP contribution in [0, 0.1) is 5.21 Å². The lowest BCUT2D eigenvalue weighted by molar-refractivity contribution is -0.881. The maximum atomic E-state index is 12.9. The molecular formula is C24H51NO. The Morgan fingerprint density at radius 1 is 0.385 bits per heavy atom. The van der Waals surface area contributed by atoms with E-state index in [9.17, 15) is 5.21 Å². The first kappa shape index (κ1) is 25.9. The predicted molar refractivity (Wildman–Crippen MR) is 118 cm³/mol. The molecule has 158 valence electrons. The molecule has 0 heterocycles. The Labute approximate surface area is 166 Å². The smallest absolute Gasteiger partial charge is 0.0783 e. The van der Waals surface area contributed by atoms with Crippen molar-refractivity contribution in [1.29, 1.82) is 0 Å². The van der Waals surface area contributed by atoms with Gasteiger partial charge < -0.3 is 9.85 Å². The van der Waals surface area contributed by atoms with Crippen LogP contribution < -0.4 is 0 Å². The van der Waals surface area contributed by atoms with Crippen LogP contribution in [0.1, 0.15) is 136 Å². The minimum atomic E-state index is 0.0833. The third-order valence-electron chi connectivity index (χ3n) is 5.76. The molecule has 0 bridgehead atoms. The minimum absolute atomic E-state index is 0.0833. The number of hydroxylamine groups is 3. The highest BCUT2D eigenvalue weighted by Gasteiger charge is 2.14. The fourth-order valence-corrected chi connectivity index (χ4v) is 3.82. The van der Waals surface area contributed by atoms with E-state index < -0.39 is 0 Å². The molecule has 0 rings (SSSR count). The summed E-state index contributed by atoms with van der Waals surface area (Å²) in [5.74, 6) is 0. The summed E-state index contributed by atoms with van der Waals surface area (Å²) in [6, 6.07) is 0. The van der Waals surface area contributed by atoms with Gasteiger partial charge in [0.25, 0.3) is 0 Å². The average Bonchev–Trinajstić information content (AvgIpc) is 2.65. The monoisotopic (exact) mass is 369 g/mol. The number of nitrogens with zero attached hydrogens (tertiary/aromatic N) is 1. The highest BCUT2D eigenvalue weighted by atomic mass is 16.5. The molecule has 0 unspecified atom stereocenters. The Hall–Kier alpha value is -0.0800. The van der Waals surface area contributed by atoms with Gasteiger partial charge in [0, 0.05) is 0 Å². The highest BCUT2D eigenvalue weighted by molar-refractivity contribution is 4.51. The molecule has 0 spiro atoms. The Kier molecular flexibility index (Phi) is 19.6. The molecule has 2 nitrogen and oxygen atoms in total. The van der Waals surface area contributed by atoms with Crippen molar-refractivity contribution in [2.75, 3.05) is 19.6 Å². The summed E-state index contributed by atoms with van der Waals surface area (Å²) in [5.41, 5.74) is 0. The Bertz CT molecular complexity index is 259. The van der Waals surface area contributed by atoms with Gasteiger partial charge in [0.2, 0.25) is 0 Å². The first-order chi connectivity index (χ1) is 12.7. The summed E-state index contributed by atoms with van der Waals surface area (Å²) in [4.78, 5) is 0. The Balaban J connectivity index is 3.44. The first-order valence-corrected chi connectivity index (χ1v) is 12.3. The van der Waals surface area contributed by atoms with Crippen LogP contribution >= 0.6 is 0 Å². The zero-order valence-corrected chi connectivity index (χ0v) is 18.7. The maximum absolute atomic E-state index is 12.9. The lowest BCUT2D eigenvalue weighted by Crippen LogP contribution is -2.44. The van der Waals surface area contributed by atoms with Crippen LogP contribution in [0.2, 0.25) is 0 Å². The molecule has 0 saturated heterocycles. The van der Waals surface area contributed by atoms with E-state index >= 15 is 0 Å². The van der Waals surface area contributed by atoms with Gasteiger partial charge in [0.1, 0.15) is 0 Å². The van der Waals surface area contributed by atoms with E-state index in [-0.39, 0.29) is 4.65 Å². The van der Waals surface area contributed by atoms with Gasteiger partial charge in [-0.15, -0.1) is 0 Å². The molecule has 0 fully saturated rings. The van der Waals surface area contributed by atoms with Crippen molar-refractivity contribution in [3.05, 3.63) is 5.21 Å². The number of rotatable bonds is 21. The fraction of sp³-hybridized carbons (Fsp3) is 1.00. The number of quaternary nitrogens is 1. The quantitative estimate of drug-likeness (QED) is 0.113. The maximum Gasteiger partial charge on any atom is 0.0783 e. The van der Waals surface area contributed by atoms with Crippen LogP contribution in [0.15, 0.2) is 0 Å². The predicted octanol–water partition coefficient (Wildman–Crippen LogP) is 8.38. The van der Waals surface area contributed by atoms with E-state index in [1.54, 1.807) is 0 Å². The highest BCUT2D eigenvalue weighted by Crippen LogP contribution is 2.15. The summed E-state index contributed by atoms with van der Waals surface area (Å²) in [5, 5.41) is 12.9. The average molecular weight is 370 g/mol. The normalized spacial score (nSPS) is 12.0. The van der Waals surface area contributed by atoms with Crippen molar-refractivity contribution >= 4 is 0 Å². The van der Waals surface area contributed by atoms with Gasteiger partial charge in [-0.3, -0.25) is 0 Å². The van der Waals surface area contributed by atoms with E-state index in [0.717, 1.165) is 51.7 Å². The van der Waals surface area contributed by atoms with Crippen LogP contribution in [0.25, 0.3) is 0 Å². The third kappa shape index (κ3) is 17.3. The number of hydrogen-bond acceptors (Lipinski definition) is 1. The third-order valence-corrected chi connectivity index (χ3v) is 5.76. The van der Waals surface area contributed by atoms with E-state index in [1.807, 2.05) is 0 Å². The second-order valence-electron chi connectivity index (χ2n) is 8.53. The summed E-state index contributed by atoms with van der Waals surface area (Å²) in [6.45, 7) is 9.21. The number of hydrogen-bond donors (Lipinski definition) is 0. The zero-order valence-electron chi connectivity index (χ0n) is 18.7. The van der Waals surface area contributed by atoms with Crippen LogP contribution in [-0.4, -0.2) is 24.3 Å². The molecule has 0 radical (unpaired) electrons. The van der Waals surface area contributed by atoms with Gasteiger partial charge in [-0.2, -0.15) is 0 Å². The standard InChI is InChI=1S/C24H51NO/c1-4-7-10-11-12-13-14-15-16-17-18-19-20-21-24-25(26,22-8-5-2)23-9-6-3/h4-24H2,1-3H3. The van der Waals surface area contributed by atoms with Crippen LogP contribution in [0.4, 0.5) is 0 Å². The van der Waals surface area contributed by atoms with Crippen LogP contribution in [-0.2, 0) is 0 Å². The van der Waals surface area contributed by atoms with Crippen molar-refractivity contribution in [2.24, 2.45) is 0 Å². The van der Waals surface area contributed by atoms with Gasteiger partial charge in [0.05, 0.1) is 19.6 Å². The summed E-state index contributed by atoms with van der Waals surface area (Å²) < 4.78 is 0.0833. The van der Waals surface area contributed by atoms with Crippen molar-refractivity contribution in [2.45, 2.75) is 136 Å². The molecule has 0 aromatic heterocycles. The van der Waals surface area contributed by atoms with E-state index in [1.165, 1.54) is 83.5 Å². The first-order valence-electron chi connectivity index (χ1n) is 12.3. The molecule has 26 heavy (non-hydrogen) atoms. The van der Waals surface area contributed by atoms with Crippen LogP contribution in [0.3, 0.4) is 0 Å². The minimum Gasteiger partial charge on any atom is -0.633 e. The SMILES string of the molecule is CCCCCCCCCCCCCCCC[N+]([O-])(CCCC)CCCC. The molecule has 0 amide bonds. The molecule has 0 saturated carbocycles. The molecule has 0 aromatic carbocycles. The van der Waals surface area contributed by atoms with E-state index in [2.05, 4.69) is 20.8 Å². The van der Waals surface area contributed by atoms with Gasteiger partial charge in [-0.05, 0) is 25.7 Å². The lowest BCUT2D eigenvalue weighted by Gasteiger charge is -2.43.